The molecule has 1 aliphatic carbocycles. The predicted octanol–water partition coefficient (Wildman–Crippen LogP) is 4.27. The van der Waals surface area contributed by atoms with Crippen LogP contribution >= 0.6 is 27.5 Å². The highest BCUT2D eigenvalue weighted by molar-refractivity contribution is 9.10. The molecule has 2 atom stereocenters. The lowest BCUT2D eigenvalue weighted by atomic mass is 10.1. The minimum atomic E-state index is -0.242. The summed E-state index contributed by atoms with van der Waals surface area (Å²) in [7, 11) is 0. The number of hydrogen-bond donors (Lipinski definition) is 2. The summed E-state index contributed by atoms with van der Waals surface area (Å²) in [4.78, 5) is 24.3. The summed E-state index contributed by atoms with van der Waals surface area (Å²) in [5.41, 5.74) is 2.69. The smallest absolute Gasteiger partial charge is 0.243 e. The molecule has 1 fully saturated rings. The Hall–Kier alpha value is -1.85. The monoisotopic (exact) mass is 420 g/mol. The lowest BCUT2D eigenvalue weighted by Gasteiger charge is -2.10. The van der Waals surface area contributed by atoms with E-state index in [-0.39, 0.29) is 30.2 Å². The molecule has 4 nitrogen and oxygen atoms in total. The van der Waals surface area contributed by atoms with Crippen molar-refractivity contribution < 1.29 is 9.59 Å². The first-order valence-electron chi connectivity index (χ1n) is 8.04. The second-order valence-corrected chi connectivity index (χ2v) is 7.52. The van der Waals surface area contributed by atoms with Gasteiger partial charge < -0.3 is 10.6 Å². The normalized spacial score (nSPS) is 18.5. The van der Waals surface area contributed by atoms with Gasteiger partial charge in [-0.05, 0) is 54.7 Å². The van der Waals surface area contributed by atoms with E-state index >= 15 is 0 Å². The fourth-order valence-electron chi connectivity index (χ4n) is 2.86. The molecule has 0 aliphatic heterocycles. The summed E-state index contributed by atoms with van der Waals surface area (Å²) in [5, 5.41) is 6.21. The van der Waals surface area contributed by atoms with Crippen molar-refractivity contribution in [1.29, 1.82) is 0 Å². The maximum absolute atomic E-state index is 12.2. The number of anilines is 1. The zero-order chi connectivity index (χ0) is 18.0. The Morgan fingerprint density at radius 2 is 2.00 bits per heavy atom. The molecule has 2 aromatic carbocycles. The quantitative estimate of drug-likeness (QED) is 0.757. The highest BCUT2D eigenvalue weighted by Crippen LogP contribution is 2.49. The van der Waals surface area contributed by atoms with E-state index in [0.29, 0.717) is 5.02 Å². The second-order valence-electron chi connectivity index (χ2n) is 6.20. The van der Waals surface area contributed by atoms with Crippen LogP contribution in [0.3, 0.4) is 0 Å². The number of benzene rings is 2. The zero-order valence-corrected chi connectivity index (χ0v) is 16.0. The molecule has 2 N–H and O–H groups in total. The molecule has 6 heteroatoms. The minimum absolute atomic E-state index is 0.0416. The molecular formula is C19H18BrClN2O2. The van der Waals surface area contributed by atoms with Gasteiger partial charge in [0.15, 0.2) is 0 Å². The summed E-state index contributed by atoms with van der Waals surface area (Å²) in [5.74, 6) is -0.311. The Kier molecular flexibility index (Phi) is 5.45. The van der Waals surface area contributed by atoms with Gasteiger partial charge in [0.25, 0.3) is 0 Å². The molecule has 0 spiro atoms. The van der Waals surface area contributed by atoms with Crippen LogP contribution in [0.5, 0.6) is 0 Å². The van der Waals surface area contributed by atoms with Gasteiger partial charge in [-0.2, -0.15) is 0 Å². The fourth-order valence-corrected chi connectivity index (χ4v) is 3.62. The molecule has 0 aromatic heterocycles. The van der Waals surface area contributed by atoms with E-state index in [4.69, 9.17) is 11.6 Å². The predicted molar refractivity (Wildman–Crippen MR) is 103 cm³/mol. The van der Waals surface area contributed by atoms with Crippen molar-refractivity contribution >= 4 is 45.0 Å². The molecule has 0 bridgehead atoms. The van der Waals surface area contributed by atoms with E-state index in [9.17, 15) is 9.59 Å². The first-order chi connectivity index (χ1) is 12.0. The van der Waals surface area contributed by atoms with Gasteiger partial charge in [-0.1, -0.05) is 45.7 Å². The fraction of sp³-hybridized carbons (Fsp3) is 0.263. The molecule has 3 rings (SSSR count). The second kappa shape index (κ2) is 7.58. The van der Waals surface area contributed by atoms with Gasteiger partial charge in [0.2, 0.25) is 11.8 Å². The average molecular weight is 422 g/mol. The first-order valence-corrected chi connectivity index (χ1v) is 9.21. The van der Waals surface area contributed by atoms with E-state index in [1.165, 1.54) is 0 Å². The summed E-state index contributed by atoms with van der Waals surface area (Å²) in [6.45, 7) is 1.87. The summed E-state index contributed by atoms with van der Waals surface area (Å²) in [6.07, 6.45) is 0.767. The maximum atomic E-state index is 12.2. The molecule has 0 radical (unpaired) electrons. The highest BCUT2D eigenvalue weighted by atomic mass is 79.9. The van der Waals surface area contributed by atoms with Crippen LogP contribution in [0.15, 0.2) is 46.9 Å². The number of amides is 2. The van der Waals surface area contributed by atoms with Crippen molar-refractivity contribution in [2.24, 2.45) is 5.92 Å². The third-order valence-electron chi connectivity index (χ3n) is 4.32. The van der Waals surface area contributed by atoms with Gasteiger partial charge in [-0.3, -0.25) is 9.59 Å². The average Bonchev–Trinajstić information content (AvgIpc) is 3.36. The molecule has 2 unspecified atom stereocenters. The number of carbonyl (C=O) groups is 2. The number of rotatable bonds is 5. The van der Waals surface area contributed by atoms with E-state index in [1.54, 1.807) is 0 Å². The molecule has 2 aromatic rings. The first kappa shape index (κ1) is 18.0. The molecule has 1 saturated carbocycles. The number of halogens is 2. The number of aryl methyl sites for hydroxylation is 1. The maximum Gasteiger partial charge on any atom is 0.243 e. The molecule has 0 heterocycles. The number of nitrogens with one attached hydrogen (secondary N) is 2. The van der Waals surface area contributed by atoms with Crippen molar-refractivity contribution in [3.63, 3.8) is 0 Å². The van der Waals surface area contributed by atoms with Crippen LogP contribution in [0.1, 0.15) is 23.5 Å². The summed E-state index contributed by atoms with van der Waals surface area (Å²) < 4.78 is 0.954. The highest BCUT2D eigenvalue weighted by Gasteiger charge is 2.44. The summed E-state index contributed by atoms with van der Waals surface area (Å²) in [6, 6.07) is 13.2. The molecule has 130 valence electrons. The van der Waals surface area contributed by atoms with E-state index in [0.717, 1.165) is 27.7 Å². The Labute approximate surface area is 160 Å². The van der Waals surface area contributed by atoms with Crippen molar-refractivity contribution in [3.05, 3.63) is 63.1 Å². The van der Waals surface area contributed by atoms with Gasteiger partial charge in [0, 0.05) is 21.1 Å². The standard InChI is InChI=1S/C19H18BrClN2O2/c1-11-8-12(20)6-7-17(11)23-18(24)10-22-19(25)15-9-14(15)13-4-2-3-5-16(13)21/h2-8,14-15H,9-10H2,1H3,(H,22,25)(H,23,24). The number of carbonyl (C=O) groups excluding carboxylic acids is 2. The Morgan fingerprint density at radius 1 is 1.24 bits per heavy atom. The van der Waals surface area contributed by atoms with Gasteiger partial charge in [0.05, 0.1) is 6.54 Å². The zero-order valence-electron chi connectivity index (χ0n) is 13.7. The van der Waals surface area contributed by atoms with Crippen LogP contribution in [0.25, 0.3) is 0 Å². The number of hydrogen-bond acceptors (Lipinski definition) is 2. The van der Waals surface area contributed by atoms with E-state index in [1.807, 2.05) is 49.4 Å². The van der Waals surface area contributed by atoms with Gasteiger partial charge in [0.1, 0.15) is 0 Å². The van der Waals surface area contributed by atoms with E-state index in [2.05, 4.69) is 26.6 Å². The van der Waals surface area contributed by atoms with Crippen molar-refractivity contribution in [3.8, 4) is 0 Å². The summed E-state index contributed by atoms with van der Waals surface area (Å²) >= 11 is 9.56. The Bertz CT molecular complexity index is 825. The van der Waals surface area contributed by atoms with Crippen molar-refractivity contribution in [2.75, 3.05) is 11.9 Å². The van der Waals surface area contributed by atoms with Crippen LogP contribution in [-0.2, 0) is 9.59 Å². The molecule has 25 heavy (non-hydrogen) atoms. The molecule has 2 amide bonds. The van der Waals surface area contributed by atoms with Crippen LogP contribution < -0.4 is 10.6 Å². The molecular weight excluding hydrogens is 404 g/mol. The topological polar surface area (TPSA) is 58.2 Å². The Balaban J connectivity index is 1.50. The lowest BCUT2D eigenvalue weighted by molar-refractivity contribution is -0.125. The Morgan fingerprint density at radius 3 is 2.72 bits per heavy atom. The van der Waals surface area contributed by atoms with Crippen molar-refractivity contribution in [1.82, 2.24) is 5.32 Å². The van der Waals surface area contributed by atoms with Crippen LogP contribution in [0, 0.1) is 12.8 Å². The third kappa shape index (κ3) is 4.41. The van der Waals surface area contributed by atoms with Crippen LogP contribution in [0.4, 0.5) is 5.69 Å². The van der Waals surface area contributed by atoms with Crippen molar-refractivity contribution in [2.45, 2.75) is 19.3 Å². The third-order valence-corrected chi connectivity index (χ3v) is 5.16. The van der Waals surface area contributed by atoms with Crippen LogP contribution in [-0.4, -0.2) is 18.4 Å². The molecule has 0 saturated heterocycles. The van der Waals surface area contributed by atoms with Gasteiger partial charge >= 0.3 is 0 Å². The van der Waals surface area contributed by atoms with E-state index < -0.39 is 0 Å². The minimum Gasteiger partial charge on any atom is -0.347 e. The lowest BCUT2D eigenvalue weighted by Crippen LogP contribution is -2.34. The molecule has 1 aliphatic rings. The van der Waals surface area contributed by atoms with Gasteiger partial charge in [-0.15, -0.1) is 0 Å². The largest absolute Gasteiger partial charge is 0.347 e. The van der Waals surface area contributed by atoms with Crippen LogP contribution in [0.2, 0.25) is 5.02 Å². The SMILES string of the molecule is Cc1cc(Br)ccc1NC(=O)CNC(=O)C1CC1c1ccccc1Cl. The van der Waals surface area contributed by atoms with Gasteiger partial charge in [-0.25, -0.2) is 0 Å².